The predicted molar refractivity (Wildman–Crippen MR) is 125 cm³/mol. The quantitative estimate of drug-likeness (QED) is 0.670. The Kier molecular flexibility index (Phi) is 8.91. The van der Waals surface area contributed by atoms with Gasteiger partial charge in [-0.15, -0.1) is 0 Å². The van der Waals surface area contributed by atoms with Crippen LogP contribution < -0.4 is 5.73 Å². The number of likely N-dealkylation sites (tertiary alicyclic amines) is 1. The Morgan fingerprint density at radius 3 is 2.07 bits per heavy atom. The van der Waals surface area contributed by atoms with Crippen molar-refractivity contribution in [3.63, 3.8) is 0 Å². The summed E-state index contributed by atoms with van der Waals surface area (Å²) in [5, 5.41) is 0. The second-order valence-electron chi connectivity index (χ2n) is 8.72. The van der Waals surface area contributed by atoms with Crippen molar-refractivity contribution in [2.24, 2.45) is 11.7 Å². The highest BCUT2D eigenvalue weighted by molar-refractivity contribution is 5.68. The van der Waals surface area contributed by atoms with Gasteiger partial charge in [-0.1, -0.05) is 56.3 Å². The minimum Gasteiger partial charge on any atom is -0.444 e. The van der Waals surface area contributed by atoms with Gasteiger partial charge in [0.25, 0.3) is 0 Å². The van der Waals surface area contributed by atoms with Gasteiger partial charge in [-0.05, 0) is 74.3 Å². The molecule has 30 heavy (non-hydrogen) atoms. The summed E-state index contributed by atoms with van der Waals surface area (Å²) >= 11 is 0. The third-order valence-electron chi connectivity index (χ3n) is 5.21. The van der Waals surface area contributed by atoms with E-state index in [1.165, 1.54) is 16.7 Å². The molecule has 1 aliphatic heterocycles. The third-order valence-corrected chi connectivity index (χ3v) is 5.21. The predicted octanol–water partition coefficient (Wildman–Crippen LogP) is 6.03. The van der Waals surface area contributed by atoms with Gasteiger partial charge in [0, 0.05) is 19.6 Å². The summed E-state index contributed by atoms with van der Waals surface area (Å²) in [5.74, 6) is 0.601. The number of nitrogens with zero attached hydrogens (tertiary/aromatic N) is 1. The Morgan fingerprint density at radius 2 is 1.53 bits per heavy atom. The largest absolute Gasteiger partial charge is 0.444 e. The molecule has 0 radical (unpaired) electrons. The number of piperidine rings is 1. The molecule has 4 nitrogen and oxygen atoms in total. The SMILES string of the molecule is CC.CC(C)(C)OC(=O)N1CCC(Cc2cccc(-c3cccc(CN)c3)c2)CC1. The van der Waals surface area contributed by atoms with Crippen molar-refractivity contribution >= 4 is 6.09 Å². The lowest BCUT2D eigenvalue weighted by atomic mass is 9.89. The van der Waals surface area contributed by atoms with Crippen LogP contribution in [0.15, 0.2) is 48.5 Å². The van der Waals surface area contributed by atoms with E-state index in [4.69, 9.17) is 10.5 Å². The van der Waals surface area contributed by atoms with Crippen LogP contribution in [0.3, 0.4) is 0 Å². The summed E-state index contributed by atoms with van der Waals surface area (Å²) in [6.07, 6.45) is 2.90. The Morgan fingerprint density at radius 1 is 1.00 bits per heavy atom. The molecule has 0 unspecified atom stereocenters. The second-order valence-corrected chi connectivity index (χ2v) is 8.72. The maximum Gasteiger partial charge on any atom is 0.410 e. The van der Waals surface area contributed by atoms with Crippen LogP contribution in [0.25, 0.3) is 11.1 Å². The highest BCUT2D eigenvalue weighted by Crippen LogP contribution is 2.26. The molecule has 0 aliphatic carbocycles. The van der Waals surface area contributed by atoms with Gasteiger partial charge < -0.3 is 15.4 Å². The maximum atomic E-state index is 12.2. The van der Waals surface area contributed by atoms with Crippen molar-refractivity contribution in [3.8, 4) is 11.1 Å². The first kappa shape index (κ1) is 23.9. The molecule has 2 N–H and O–H groups in total. The van der Waals surface area contributed by atoms with E-state index < -0.39 is 5.60 Å². The van der Waals surface area contributed by atoms with Crippen LogP contribution in [0.1, 0.15) is 58.6 Å². The first-order chi connectivity index (χ1) is 14.3. The molecule has 0 saturated carbocycles. The first-order valence-corrected chi connectivity index (χ1v) is 11.2. The van der Waals surface area contributed by atoms with Gasteiger partial charge in [0.15, 0.2) is 0 Å². The maximum absolute atomic E-state index is 12.2. The van der Waals surface area contributed by atoms with Gasteiger partial charge >= 0.3 is 6.09 Å². The van der Waals surface area contributed by atoms with Gasteiger partial charge in [-0.25, -0.2) is 4.79 Å². The molecule has 3 rings (SSSR count). The Balaban J connectivity index is 0.00000155. The second kappa shape index (κ2) is 11.2. The number of hydrogen-bond donors (Lipinski definition) is 1. The fourth-order valence-electron chi connectivity index (χ4n) is 3.74. The Bertz CT molecular complexity index is 803. The van der Waals surface area contributed by atoms with Crippen LogP contribution in [0, 0.1) is 5.92 Å². The molecule has 1 heterocycles. The number of nitrogens with two attached hydrogens (primary N) is 1. The van der Waals surface area contributed by atoms with E-state index >= 15 is 0 Å². The molecule has 0 spiro atoms. The van der Waals surface area contributed by atoms with E-state index in [0.29, 0.717) is 12.5 Å². The first-order valence-electron chi connectivity index (χ1n) is 11.2. The number of amides is 1. The van der Waals surface area contributed by atoms with E-state index in [1.54, 1.807) is 0 Å². The minimum absolute atomic E-state index is 0.187. The van der Waals surface area contributed by atoms with E-state index in [2.05, 4.69) is 48.5 Å². The summed E-state index contributed by atoms with van der Waals surface area (Å²) in [7, 11) is 0. The fraction of sp³-hybridized carbons (Fsp3) is 0.500. The molecule has 0 atom stereocenters. The van der Waals surface area contributed by atoms with E-state index in [1.807, 2.05) is 39.5 Å². The minimum atomic E-state index is -0.435. The molecular formula is C26H38N2O2. The standard InChI is InChI=1S/C24H32N2O2.C2H6/c1-24(2,3)28-23(27)26-12-10-18(11-13-26)14-19-6-4-8-21(15-19)22-9-5-7-20(16-22)17-25;1-2/h4-9,15-16,18H,10-14,17,25H2,1-3H3;1-2H3. The molecule has 0 aromatic heterocycles. The molecule has 1 amide bonds. The van der Waals surface area contributed by atoms with E-state index in [9.17, 15) is 4.79 Å². The zero-order valence-corrected chi connectivity index (χ0v) is 19.3. The van der Waals surface area contributed by atoms with Crippen molar-refractivity contribution in [2.75, 3.05) is 13.1 Å². The van der Waals surface area contributed by atoms with Crippen molar-refractivity contribution in [3.05, 3.63) is 59.7 Å². The highest BCUT2D eigenvalue weighted by Gasteiger charge is 2.26. The lowest BCUT2D eigenvalue weighted by Gasteiger charge is -2.33. The molecule has 4 heteroatoms. The molecule has 1 saturated heterocycles. The third kappa shape index (κ3) is 7.17. The lowest BCUT2D eigenvalue weighted by Crippen LogP contribution is -2.42. The van der Waals surface area contributed by atoms with Crippen molar-refractivity contribution in [1.29, 1.82) is 0 Å². The number of ether oxygens (including phenoxy) is 1. The van der Waals surface area contributed by atoms with Crippen molar-refractivity contribution in [1.82, 2.24) is 4.90 Å². The van der Waals surface area contributed by atoms with E-state index in [-0.39, 0.29) is 6.09 Å². The fourth-order valence-corrected chi connectivity index (χ4v) is 3.74. The van der Waals surface area contributed by atoms with Gasteiger partial charge in [0.1, 0.15) is 5.60 Å². The zero-order chi connectivity index (χ0) is 22.1. The van der Waals surface area contributed by atoms with Gasteiger partial charge in [-0.3, -0.25) is 0 Å². The van der Waals surface area contributed by atoms with E-state index in [0.717, 1.165) is 37.9 Å². The van der Waals surface area contributed by atoms with Crippen molar-refractivity contribution in [2.45, 2.75) is 66.0 Å². The average Bonchev–Trinajstić information content (AvgIpc) is 2.75. The molecule has 2 aromatic rings. The van der Waals surface area contributed by atoms with Crippen LogP contribution in [-0.2, 0) is 17.7 Å². The van der Waals surface area contributed by atoms with Crippen LogP contribution >= 0.6 is 0 Å². The summed E-state index contributed by atoms with van der Waals surface area (Å²) < 4.78 is 5.49. The average molecular weight is 411 g/mol. The summed E-state index contributed by atoms with van der Waals surface area (Å²) in [6, 6.07) is 17.2. The Labute approximate surface area is 182 Å². The molecule has 164 valence electrons. The zero-order valence-electron chi connectivity index (χ0n) is 19.3. The topological polar surface area (TPSA) is 55.6 Å². The molecule has 2 aromatic carbocycles. The molecule has 0 bridgehead atoms. The monoisotopic (exact) mass is 410 g/mol. The smallest absolute Gasteiger partial charge is 0.410 e. The highest BCUT2D eigenvalue weighted by atomic mass is 16.6. The summed E-state index contributed by atoms with van der Waals surface area (Å²) in [6.45, 7) is 11.8. The molecular weight excluding hydrogens is 372 g/mol. The molecule has 1 aliphatic rings. The number of carbonyl (C=O) groups excluding carboxylic acids is 1. The van der Waals surface area contributed by atoms with Gasteiger partial charge in [0.05, 0.1) is 0 Å². The van der Waals surface area contributed by atoms with Crippen LogP contribution in [0.2, 0.25) is 0 Å². The Hall–Kier alpha value is -2.33. The van der Waals surface area contributed by atoms with Gasteiger partial charge in [-0.2, -0.15) is 0 Å². The summed E-state index contributed by atoms with van der Waals surface area (Å²) in [4.78, 5) is 14.1. The van der Waals surface area contributed by atoms with Crippen LogP contribution in [0.5, 0.6) is 0 Å². The van der Waals surface area contributed by atoms with Gasteiger partial charge in [0.2, 0.25) is 0 Å². The molecule has 1 fully saturated rings. The van der Waals surface area contributed by atoms with Crippen LogP contribution in [-0.4, -0.2) is 29.7 Å². The number of carbonyl (C=O) groups is 1. The number of benzene rings is 2. The number of rotatable bonds is 4. The number of hydrogen-bond acceptors (Lipinski definition) is 3. The normalized spacial score (nSPS) is 14.7. The van der Waals surface area contributed by atoms with Crippen LogP contribution in [0.4, 0.5) is 4.79 Å². The summed E-state index contributed by atoms with van der Waals surface area (Å²) in [5.41, 5.74) is 10.3. The lowest BCUT2D eigenvalue weighted by molar-refractivity contribution is 0.0184. The van der Waals surface area contributed by atoms with Crippen molar-refractivity contribution < 1.29 is 9.53 Å².